The van der Waals surface area contributed by atoms with Gasteiger partial charge in [-0.15, -0.1) is 0 Å². The normalized spacial score (nSPS) is 18.4. The quantitative estimate of drug-likeness (QED) is 0.596. The molecule has 1 aliphatic rings. The van der Waals surface area contributed by atoms with E-state index in [9.17, 15) is 18.0 Å². The molecule has 0 fully saturated rings. The largest absolute Gasteiger partial charge is 0.410 e. The standard InChI is InChI=1S/C20H17ClF3N5O/c1-11-2-4-12(5-3-11)14-8-16(20(22,23)24)29-18(26-14)9-15(28-29)19(30)27-17-7-6-13(21)10-25-17/h2-7,9-10,14,16,26H,8H2,1H3,(H,25,27,30). The van der Waals surface area contributed by atoms with Gasteiger partial charge in [-0.1, -0.05) is 41.4 Å². The van der Waals surface area contributed by atoms with Crippen molar-refractivity contribution in [3.63, 3.8) is 0 Å². The molecule has 1 amide bonds. The van der Waals surface area contributed by atoms with Crippen LogP contribution in [0.2, 0.25) is 5.02 Å². The molecule has 3 heterocycles. The van der Waals surface area contributed by atoms with Crippen molar-refractivity contribution in [2.75, 3.05) is 10.6 Å². The molecule has 10 heteroatoms. The number of aryl methyl sites for hydroxylation is 1. The Morgan fingerprint density at radius 1 is 1.23 bits per heavy atom. The van der Waals surface area contributed by atoms with E-state index < -0.39 is 24.2 Å². The number of anilines is 2. The minimum absolute atomic E-state index is 0.128. The molecule has 1 aromatic carbocycles. The van der Waals surface area contributed by atoms with Crippen LogP contribution in [0.5, 0.6) is 0 Å². The Hall–Kier alpha value is -3.07. The highest BCUT2D eigenvalue weighted by molar-refractivity contribution is 6.30. The number of carbonyl (C=O) groups is 1. The average molecular weight is 436 g/mol. The van der Waals surface area contributed by atoms with E-state index in [0.29, 0.717) is 5.02 Å². The summed E-state index contributed by atoms with van der Waals surface area (Å²) in [6.45, 7) is 1.91. The molecule has 0 radical (unpaired) electrons. The zero-order valence-electron chi connectivity index (χ0n) is 15.7. The molecule has 2 aromatic heterocycles. The molecule has 1 aliphatic heterocycles. The zero-order valence-corrected chi connectivity index (χ0v) is 16.5. The predicted molar refractivity (Wildman–Crippen MR) is 107 cm³/mol. The summed E-state index contributed by atoms with van der Waals surface area (Å²) in [4.78, 5) is 16.4. The summed E-state index contributed by atoms with van der Waals surface area (Å²) >= 11 is 5.76. The lowest BCUT2D eigenvalue weighted by molar-refractivity contribution is -0.173. The fraction of sp³-hybridized carbons (Fsp3) is 0.250. The summed E-state index contributed by atoms with van der Waals surface area (Å²) < 4.78 is 42.1. The molecule has 2 unspecified atom stereocenters. The lowest BCUT2D eigenvalue weighted by Gasteiger charge is -2.33. The van der Waals surface area contributed by atoms with Gasteiger partial charge in [-0.2, -0.15) is 18.3 Å². The van der Waals surface area contributed by atoms with E-state index in [2.05, 4.69) is 20.7 Å². The van der Waals surface area contributed by atoms with Crippen molar-refractivity contribution in [1.82, 2.24) is 14.8 Å². The van der Waals surface area contributed by atoms with Crippen molar-refractivity contribution in [3.8, 4) is 0 Å². The average Bonchev–Trinajstić information content (AvgIpc) is 3.13. The second-order valence-electron chi connectivity index (χ2n) is 7.08. The van der Waals surface area contributed by atoms with Crippen LogP contribution in [0.15, 0.2) is 48.7 Å². The number of amides is 1. The molecule has 0 spiro atoms. The van der Waals surface area contributed by atoms with Gasteiger partial charge in [-0.3, -0.25) is 4.79 Å². The number of nitrogens with one attached hydrogen (secondary N) is 2. The monoisotopic (exact) mass is 435 g/mol. The van der Waals surface area contributed by atoms with E-state index >= 15 is 0 Å². The molecule has 2 atom stereocenters. The highest BCUT2D eigenvalue weighted by Crippen LogP contribution is 2.43. The number of halogens is 4. The third kappa shape index (κ3) is 4.11. The number of fused-ring (bicyclic) bond motifs is 1. The third-order valence-corrected chi connectivity index (χ3v) is 5.09. The molecule has 0 bridgehead atoms. The highest BCUT2D eigenvalue weighted by Gasteiger charge is 2.46. The van der Waals surface area contributed by atoms with Crippen LogP contribution in [0, 0.1) is 6.92 Å². The lowest BCUT2D eigenvalue weighted by atomic mass is 9.96. The van der Waals surface area contributed by atoms with Gasteiger partial charge < -0.3 is 10.6 Å². The topological polar surface area (TPSA) is 71.8 Å². The van der Waals surface area contributed by atoms with Crippen molar-refractivity contribution in [1.29, 1.82) is 0 Å². The smallest absolute Gasteiger partial charge is 0.363 e. The molecule has 156 valence electrons. The van der Waals surface area contributed by atoms with Gasteiger partial charge in [-0.05, 0) is 24.6 Å². The highest BCUT2D eigenvalue weighted by atomic mass is 35.5. The fourth-order valence-electron chi connectivity index (χ4n) is 3.33. The molecule has 30 heavy (non-hydrogen) atoms. The van der Waals surface area contributed by atoms with Crippen LogP contribution in [-0.2, 0) is 0 Å². The van der Waals surface area contributed by atoms with Crippen LogP contribution in [0.1, 0.15) is 40.1 Å². The van der Waals surface area contributed by atoms with Crippen LogP contribution in [0.4, 0.5) is 24.8 Å². The Balaban J connectivity index is 1.63. The molecular weight excluding hydrogens is 419 g/mol. The minimum Gasteiger partial charge on any atom is -0.363 e. The summed E-state index contributed by atoms with van der Waals surface area (Å²) in [6, 6.07) is 9.22. The van der Waals surface area contributed by atoms with Crippen molar-refractivity contribution in [2.45, 2.75) is 31.6 Å². The number of hydrogen-bond acceptors (Lipinski definition) is 4. The first-order valence-electron chi connectivity index (χ1n) is 9.13. The van der Waals surface area contributed by atoms with Gasteiger partial charge in [0.25, 0.3) is 5.91 Å². The Kier molecular flexibility index (Phi) is 5.15. The SMILES string of the molecule is Cc1ccc(C2CC(C(F)(F)F)n3nc(C(=O)Nc4ccc(Cl)cn4)cc3N2)cc1. The van der Waals surface area contributed by atoms with E-state index in [1.54, 1.807) is 12.1 Å². The van der Waals surface area contributed by atoms with Gasteiger partial charge >= 0.3 is 6.18 Å². The van der Waals surface area contributed by atoms with Crippen LogP contribution < -0.4 is 10.6 Å². The third-order valence-electron chi connectivity index (χ3n) is 4.87. The van der Waals surface area contributed by atoms with E-state index in [4.69, 9.17) is 11.6 Å². The first-order valence-corrected chi connectivity index (χ1v) is 9.51. The maximum absolute atomic E-state index is 13.8. The summed E-state index contributed by atoms with van der Waals surface area (Å²) in [5.74, 6) is -0.321. The second kappa shape index (κ2) is 7.64. The lowest BCUT2D eigenvalue weighted by Crippen LogP contribution is -2.35. The Bertz CT molecular complexity index is 1060. The molecule has 0 aliphatic carbocycles. The molecule has 0 saturated carbocycles. The molecule has 3 aromatic rings. The van der Waals surface area contributed by atoms with Gasteiger partial charge in [0.2, 0.25) is 0 Å². The van der Waals surface area contributed by atoms with Crippen LogP contribution in [-0.4, -0.2) is 26.8 Å². The second-order valence-corrected chi connectivity index (χ2v) is 7.51. The fourth-order valence-corrected chi connectivity index (χ4v) is 3.44. The molecule has 4 rings (SSSR count). The van der Waals surface area contributed by atoms with Crippen LogP contribution in [0.3, 0.4) is 0 Å². The number of benzene rings is 1. The van der Waals surface area contributed by atoms with Crippen molar-refractivity contribution in [2.24, 2.45) is 0 Å². The maximum Gasteiger partial charge on any atom is 0.410 e. The van der Waals surface area contributed by atoms with Gasteiger partial charge in [0.15, 0.2) is 11.7 Å². The Labute approximate surface area is 175 Å². The Morgan fingerprint density at radius 3 is 2.60 bits per heavy atom. The van der Waals surface area contributed by atoms with E-state index in [-0.39, 0.29) is 23.8 Å². The van der Waals surface area contributed by atoms with E-state index in [1.807, 2.05) is 19.1 Å². The first kappa shape index (κ1) is 20.2. The number of nitrogens with zero attached hydrogens (tertiary/aromatic N) is 3. The molecule has 6 nitrogen and oxygen atoms in total. The van der Waals surface area contributed by atoms with E-state index in [0.717, 1.165) is 15.8 Å². The number of pyridine rings is 1. The minimum atomic E-state index is -4.52. The predicted octanol–water partition coefficient (Wildman–Crippen LogP) is 5.15. The van der Waals surface area contributed by atoms with E-state index in [1.165, 1.54) is 24.4 Å². The maximum atomic E-state index is 13.8. The first-order chi connectivity index (χ1) is 14.2. The van der Waals surface area contributed by atoms with Crippen molar-refractivity contribution in [3.05, 3.63) is 70.5 Å². The number of rotatable bonds is 3. The van der Waals surface area contributed by atoms with Gasteiger partial charge in [0.05, 0.1) is 11.1 Å². The number of aromatic nitrogens is 3. The zero-order chi connectivity index (χ0) is 21.5. The summed E-state index contributed by atoms with van der Waals surface area (Å²) in [6.07, 6.45) is -3.40. The molecule has 2 N–H and O–H groups in total. The molecular formula is C20H17ClF3N5O. The van der Waals surface area contributed by atoms with Gasteiger partial charge in [-0.25, -0.2) is 9.67 Å². The van der Waals surface area contributed by atoms with Gasteiger partial charge in [0, 0.05) is 18.7 Å². The number of alkyl halides is 3. The summed E-state index contributed by atoms with van der Waals surface area (Å²) in [7, 11) is 0. The number of hydrogen-bond donors (Lipinski definition) is 2. The van der Waals surface area contributed by atoms with Gasteiger partial charge in [0.1, 0.15) is 11.6 Å². The van der Waals surface area contributed by atoms with Crippen LogP contribution >= 0.6 is 11.6 Å². The summed E-state index contributed by atoms with van der Waals surface area (Å²) in [5.41, 5.74) is 1.61. The van der Waals surface area contributed by atoms with Crippen molar-refractivity contribution < 1.29 is 18.0 Å². The van der Waals surface area contributed by atoms with Crippen molar-refractivity contribution >= 4 is 29.1 Å². The number of carbonyl (C=O) groups excluding carboxylic acids is 1. The summed E-state index contributed by atoms with van der Waals surface area (Å²) in [5, 5.41) is 9.89. The Morgan fingerprint density at radius 2 is 1.97 bits per heavy atom. The molecule has 0 saturated heterocycles. The van der Waals surface area contributed by atoms with Crippen LogP contribution in [0.25, 0.3) is 0 Å².